The number of thioether (sulfide) groups is 1. The third kappa shape index (κ3) is 3.63. The molecule has 1 aliphatic heterocycles. The highest BCUT2D eigenvalue weighted by Gasteiger charge is 2.34. The molecule has 1 fully saturated rings. The van der Waals surface area contributed by atoms with Crippen LogP contribution < -0.4 is 10.6 Å². The fraction of sp³-hybridized carbons (Fsp3) is 0.417. The number of hydrogen-bond donors (Lipinski definition) is 2. The van der Waals surface area contributed by atoms with Crippen LogP contribution in [0.25, 0.3) is 0 Å². The monoisotopic (exact) mass is 290 g/mol. The van der Waals surface area contributed by atoms with E-state index in [1.54, 1.807) is 11.8 Å². The summed E-state index contributed by atoms with van der Waals surface area (Å²) in [6.45, 7) is 0.684. The molecule has 1 aromatic rings. The molecule has 104 valence electrons. The Morgan fingerprint density at radius 2 is 2.11 bits per heavy atom. The summed E-state index contributed by atoms with van der Waals surface area (Å²) in [5.74, 6) is 1.05. The van der Waals surface area contributed by atoms with Gasteiger partial charge in [-0.2, -0.15) is 24.9 Å². The Kier molecular flexibility index (Phi) is 4.36. The van der Waals surface area contributed by atoms with Crippen LogP contribution in [-0.2, 0) is 11.0 Å². The molecule has 0 radical (unpaired) electrons. The fourth-order valence-electron chi connectivity index (χ4n) is 1.79. The minimum atomic E-state index is -4.47. The first-order chi connectivity index (χ1) is 8.98. The molecule has 0 spiro atoms. The predicted molar refractivity (Wildman–Crippen MR) is 69.2 cm³/mol. The van der Waals surface area contributed by atoms with Crippen LogP contribution in [0.2, 0.25) is 0 Å². The number of anilines is 1. The van der Waals surface area contributed by atoms with Gasteiger partial charge in [-0.15, -0.1) is 0 Å². The van der Waals surface area contributed by atoms with Gasteiger partial charge in [0.25, 0.3) is 0 Å². The number of alkyl halides is 3. The first-order valence-corrected chi connectivity index (χ1v) is 6.92. The maximum absolute atomic E-state index is 12.8. The summed E-state index contributed by atoms with van der Waals surface area (Å²) in [5.41, 5.74) is -1.02. The lowest BCUT2D eigenvalue weighted by Crippen LogP contribution is -2.46. The van der Waals surface area contributed by atoms with E-state index in [-0.39, 0.29) is 5.69 Å². The number of para-hydroxylation sites is 1. The van der Waals surface area contributed by atoms with E-state index in [1.807, 2.05) is 0 Å². The van der Waals surface area contributed by atoms with Crippen molar-refractivity contribution in [3.05, 3.63) is 29.8 Å². The molecule has 3 nitrogen and oxygen atoms in total. The molecule has 19 heavy (non-hydrogen) atoms. The van der Waals surface area contributed by atoms with E-state index in [4.69, 9.17) is 0 Å². The normalized spacial score (nSPS) is 20.1. The molecular weight excluding hydrogens is 277 g/mol. The zero-order valence-corrected chi connectivity index (χ0v) is 10.8. The van der Waals surface area contributed by atoms with Crippen LogP contribution in [0.1, 0.15) is 5.56 Å². The van der Waals surface area contributed by atoms with Crippen molar-refractivity contribution >= 4 is 23.4 Å². The number of benzene rings is 1. The lowest BCUT2D eigenvalue weighted by Gasteiger charge is -2.23. The molecule has 7 heteroatoms. The summed E-state index contributed by atoms with van der Waals surface area (Å²) in [6, 6.07) is 4.54. The standard InChI is InChI=1S/C12H13F3N2OS/c13-12(14,15)8-3-1-2-4-9(8)17-11(18)10-7-19-6-5-16-10/h1-4,10,16H,5-7H2,(H,17,18). The van der Waals surface area contributed by atoms with E-state index in [9.17, 15) is 18.0 Å². The second-order valence-corrected chi connectivity index (χ2v) is 5.26. The van der Waals surface area contributed by atoms with Gasteiger partial charge in [0.1, 0.15) is 0 Å². The SMILES string of the molecule is O=C(Nc1ccccc1C(F)(F)F)C1CSCCN1. The van der Waals surface area contributed by atoms with Gasteiger partial charge in [-0.05, 0) is 12.1 Å². The first-order valence-electron chi connectivity index (χ1n) is 5.76. The van der Waals surface area contributed by atoms with E-state index in [2.05, 4.69) is 10.6 Å². The molecule has 1 amide bonds. The zero-order chi connectivity index (χ0) is 13.9. The third-order valence-electron chi connectivity index (χ3n) is 2.73. The number of rotatable bonds is 2. The van der Waals surface area contributed by atoms with Crippen molar-refractivity contribution in [2.75, 3.05) is 23.4 Å². The summed E-state index contributed by atoms with van der Waals surface area (Å²) in [5, 5.41) is 5.34. The number of halogens is 3. The molecule has 1 unspecified atom stereocenters. The van der Waals surface area contributed by atoms with Gasteiger partial charge < -0.3 is 10.6 Å². The van der Waals surface area contributed by atoms with Crippen molar-refractivity contribution in [3.8, 4) is 0 Å². The third-order valence-corrected chi connectivity index (χ3v) is 3.79. The molecule has 1 heterocycles. The van der Waals surface area contributed by atoms with Gasteiger partial charge in [-0.25, -0.2) is 0 Å². The molecular formula is C12H13F3N2OS. The maximum atomic E-state index is 12.8. The van der Waals surface area contributed by atoms with Crippen molar-refractivity contribution < 1.29 is 18.0 Å². The fourth-order valence-corrected chi connectivity index (χ4v) is 2.73. The summed E-state index contributed by atoms with van der Waals surface area (Å²) in [6.07, 6.45) is -4.47. The van der Waals surface area contributed by atoms with Crippen LogP contribution >= 0.6 is 11.8 Å². The van der Waals surface area contributed by atoms with Crippen LogP contribution in [0, 0.1) is 0 Å². The molecule has 0 bridgehead atoms. The molecule has 2 rings (SSSR count). The van der Waals surface area contributed by atoms with E-state index < -0.39 is 23.7 Å². The van der Waals surface area contributed by atoms with Gasteiger partial charge in [-0.3, -0.25) is 4.79 Å². The highest BCUT2D eigenvalue weighted by Crippen LogP contribution is 2.34. The lowest BCUT2D eigenvalue weighted by molar-refractivity contribution is -0.137. The summed E-state index contributed by atoms with van der Waals surface area (Å²) < 4.78 is 38.3. The van der Waals surface area contributed by atoms with Gasteiger partial charge in [-0.1, -0.05) is 12.1 Å². The molecule has 2 N–H and O–H groups in total. The van der Waals surface area contributed by atoms with Crippen molar-refractivity contribution in [2.24, 2.45) is 0 Å². The first kappa shape index (κ1) is 14.2. The number of carbonyl (C=O) groups excluding carboxylic acids is 1. The van der Waals surface area contributed by atoms with Crippen molar-refractivity contribution in [3.63, 3.8) is 0 Å². The molecule has 1 aromatic carbocycles. The predicted octanol–water partition coefficient (Wildman–Crippen LogP) is 2.35. The summed E-state index contributed by atoms with van der Waals surface area (Å²) in [4.78, 5) is 11.9. The van der Waals surface area contributed by atoms with Crippen LogP contribution in [0.5, 0.6) is 0 Å². The zero-order valence-electron chi connectivity index (χ0n) is 9.96. The lowest BCUT2D eigenvalue weighted by atomic mass is 10.1. The Bertz CT molecular complexity index is 459. The Labute approximate surface area is 112 Å². The minimum Gasteiger partial charge on any atom is -0.324 e. The molecule has 1 aliphatic rings. The number of carbonyl (C=O) groups is 1. The second-order valence-electron chi connectivity index (χ2n) is 4.11. The van der Waals surface area contributed by atoms with Crippen LogP contribution in [-0.4, -0.2) is 30.0 Å². The molecule has 0 aliphatic carbocycles. The molecule has 0 saturated carbocycles. The van der Waals surface area contributed by atoms with Gasteiger partial charge in [0.05, 0.1) is 17.3 Å². The van der Waals surface area contributed by atoms with Gasteiger partial charge in [0, 0.05) is 18.1 Å². The number of amides is 1. The number of nitrogens with one attached hydrogen (secondary N) is 2. The van der Waals surface area contributed by atoms with E-state index in [1.165, 1.54) is 18.2 Å². The Balaban J connectivity index is 2.12. The summed E-state index contributed by atoms with van der Waals surface area (Å²) in [7, 11) is 0. The second kappa shape index (κ2) is 5.83. The van der Waals surface area contributed by atoms with Crippen LogP contribution in [0.4, 0.5) is 18.9 Å². The van der Waals surface area contributed by atoms with Crippen LogP contribution in [0.3, 0.4) is 0 Å². The van der Waals surface area contributed by atoms with Gasteiger partial charge >= 0.3 is 6.18 Å². The minimum absolute atomic E-state index is 0.197. The average Bonchev–Trinajstić information content (AvgIpc) is 2.39. The number of hydrogen-bond acceptors (Lipinski definition) is 3. The Morgan fingerprint density at radius 3 is 2.74 bits per heavy atom. The smallest absolute Gasteiger partial charge is 0.324 e. The van der Waals surface area contributed by atoms with E-state index in [0.29, 0.717) is 12.3 Å². The quantitative estimate of drug-likeness (QED) is 0.878. The van der Waals surface area contributed by atoms with Gasteiger partial charge in [0.15, 0.2) is 0 Å². The largest absolute Gasteiger partial charge is 0.418 e. The van der Waals surface area contributed by atoms with E-state index in [0.717, 1.165) is 11.8 Å². The molecule has 1 atom stereocenters. The Morgan fingerprint density at radius 1 is 1.37 bits per heavy atom. The maximum Gasteiger partial charge on any atom is 0.418 e. The van der Waals surface area contributed by atoms with Crippen molar-refractivity contribution in [2.45, 2.75) is 12.2 Å². The van der Waals surface area contributed by atoms with E-state index >= 15 is 0 Å². The van der Waals surface area contributed by atoms with Crippen molar-refractivity contribution in [1.29, 1.82) is 0 Å². The molecule has 1 saturated heterocycles. The van der Waals surface area contributed by atoms with Gasteiger partial charge in [0.2, 0.25) is 5.91 Å². The Hall–Kier alpha value is -1.21. The highest BCUT2D eigenvalue weighted by atomic mass is 32.2. The van der Waals surface area contributed by atoms with Crippen molar-refractivity contribution in [1.82, 2.24) is 5.32 Å². The molecule has 0 aromatic heterocycles. The average molecular weight is 290 g/mol. The highest BCUT2D eigenvalue weighted by molar-refractivity contribution is 7.99. The van der Waals surface area contributed by atoms with Crippen LogP contribution in [0.15, 0.2) is 24.3 Å². The summed E-state index contributed by atoms with van der Waals surface area (Å²) >= 11 is 1.61. The topological polar surface area (TPSA) is 41.1 Å².